The maximum Gasteiger partial charge on any atom is 0.323 e. The van der Waals surface area contributed by atoms with Crippen molar-refractivity contribution in [2.24, 2.45) is 11.8 Å². The minimum absolute atomic E-state index is 0.239. The van der Waals surface area contributed by atoms with Crippen LogP contribution in [0.5, 0.6) is 11.5 Å². The Morgan fingerprint density at radius 2 is 1.53 bits per heavy atom. The van der Waals surface area contributed by atoms with E-state index in [1.54, 1.807) is 0 Å². The summed E-state index contributed by atoms with van der Waals surface area (Å²) in [6.07, 6.45) is 8.95. The molecule has 0 saturated heterocycles. The van der Waals surface area contributed by atoms with Gasteiger partial charge in [-0.2, -0.15) is 0 Å². The van der Waals surface area contributed by atoms with Gasteiger partial charge in [-0.05, 0) is 118 Å². The number of benzene rings is 3. The van der Waals surface area contributed by atoms with E-state index in [2.05, 4.69) is 41.8 Å². The lowest BCUT2D eigenvalue weighted by molar-refractivity contribution is 0.140. The molecule has 2 aliphatic carbocycles. The molecular weight excluding hydrogens is 446 g/mol. The maximum atomic E-state index is 12.6. The van der Waals surface area contributed by atoms with Crippen LogP contribution in [0.2, 0.25) is 0 Å². The van der Waals surface area contributed by atoms with Gasteiger partial charge in [0.05, 0.1) is 0 Å². The molecule has 2 N–H and O–H groups in total. The van der Waals surface area contributed by atoms with E-state index in [-0.39, 0.29) is 6.03 Å². The smallest absolute Gasteiger partial charge is 0.323 e. The van der Waals surface area contributed by atoms with Crippen molar-refractivity contribution >= 4 is 17.4 Å². The van der Waals surface area contributed by atoms with Crippen LogP contribution >= 0.6 is 0 Å². The van der Waals surface area contributed by atoms with E-state index in [0.717, 1.165) is 47.2 Å². The molecule has 0 aliphatic heterocycles. The molecule has 0 aromatic heterocycles. The molecule has 3 unspecified atom stereocenters. The van der Waals surface area contributed by atoms with Crippen LogP contribution in [0.3, 0.4) is 0 Å². The third-order valence-corrected chi connectivity index (χ3v) is 7.91. The first-order valence-corrected chi connectivity index (χ1v) is 13.2. The van der Waals surface area contributed by atoms with Crippen molar-refractivity contribution in [3.63, 3.8) is 0 Å². The summed E-state index contributed by atoms with van der Waals surface area (Å²) in [4.78, 5) is 15.0. The number of carbonyl (C=O) groups is 1. The summed E-state index contributed by atoms with van der Waals surface area (Å²) in [5, 5.41) is 5.92. The number of fused-ring (bicyclic) bond motifs is 1. The first-order chi connectivity index (χ1) is 17.5. The van der Waals surface area contributed by atoms with Gasteiger partial charge in [0.25, 0.3) is 0 Å². The fourth-order valence-electron chi connectivity index (χ4n) is 5.89. The number of carbonyl (C=O) groups excluding carboxylic acids is 1. The number of aryl methyl sites for hydroxylation is 1. The first kappa shape index (κ1) is 24.4. The Hall–Kier alpha value is -3.31. The third kappa shape index (κ3) is 6.08. The molecule has 1 fully saturated rings. The highest BCUT2D eigenvalue weighted by molar-refractivity contribution is 5.99. The predicted octanol–water partition coefficient (Wildman–Crippen LogP) is 7.35. The zero-order valence-corrected chi connectivity index (χ0v) is 21.4. The summed E-state index contributed by atoms with van der Waals surface area (Å²) < 4.78 is 5.82. The van der Waals surface area contributed by atoms with E-state index >= 15 is 0 Å². The van der Waals surface area contributed by atoms with E-state index in [1.165, 1.54) is 49.7 Å². The SMILES string of the molecule is CN(C)C1CCCC(C2CCc3cc(NC(=O)Nc4ccc(Oc5ccccc5)cc4)ccc3C2)C1. The zero-order valence-electron chi connectivity index (χ0n) is 21.4. The standard InChI is InChI=1S/C31H37N3O2/c1-34(2)28-8-6-7-22(21-28)23-11-12-25-20-27(14-13-24(25)19-23)33-31(35)32-26-15-17-30(18-16-26)36-29-9-4-3-5-10-29/h3-5,9-10,13-18,20,22-23,28H,6-8,11-12,19,21H2,1-2H3,(H2,32,33,35). The molecule has 3 atom stereocenters. The Kier molecular flexibility index (Phi) is 7.57. The van der Waals surface area contributed by atoms with Crippen molar-refractivity contribution < 1.29 is 9.53 Å². The number of urea groups is 1. The van der Waals surface area contributed by atoms with E-state index in [9.17, 15) is 4.79 Å². The zero-order chi connectivity index (χ0) is 24.9. The van der Waals surface area contributed by atoms with Crippen molar-refractivity contribution in [3.05, 3.63) is 83.9 Å². The molecule has 2 aliphatic rings. The third-order valence-electron chi connectivity index (χ3n) is 7.91. The second-order valence-corrected chi connectivity index (χ2v) is 10.5. The molecule has 5 heteroatoms. The van der Waals surface area contributed by atoms with Gasteiger partial charge in [-0.3, -0.25) is 0 Å². The average molecular weight is 484 g/mol. The van der Waals surface area contributed by atoms with Crippen LogP contribution in [0.25, 0.3) is 0 Å². The maximum absolute atomic E-state index is 12.6. The molecule has 1 saturated carbocycles. The summed E-state index contributed by atoms with van der Waals surface area (Å²) in [6.45, 7) is 0. The summed E-state index contributed by atoms with van der Waals surface area (Å²) in [6, 6.07) is 24.0. The fourth-order valence-corrected chi connectivity index (χ4v) is 5.89. The Balaban J connectivity index is 1.14. The van der Waals surface area contributed by atoms with Gasteiger partial charge in [0.15, 0.2) is 0 Å². The van der Waals surface area contributed by atoms with E-state index in [4.69, 9.17) is 4.74 Å². The molecule has 3 aromatic rings. The van der Waals surface area contributed by atoms with Crippen molar-refractivity contribution in [1.29, 1.82) is 0 Å². The molecule has 2 amide bonds. The molecule has 0 heterocycles. The molecule has 5 rings (SSSR count). The first-order valence-electron chi connectivity index (χ1n) is 13.2. The Morgan fingerprint density at radius 1 is 0.806 bits per heavy atom. The van der Waals surface area contributed by atoms with E-state index in [0.29, 0.717) is 0 Å². The Bertz CT molecular complexity index is 1160. The lowest BCUT2D eigenvalue weighted by Gasteiger charge is -2.39. The highest BCUT2D eigenvalue weighted by Gasteiger charge is 2.31. The number of nitrogens with zero attached hydrogens (tertiary/aromatic N) is 1. The molecule has 36 heavy (non-hydrogen) atoms. The van der Waals surface area contributed by atoms with Gasteiger partial charge in [0.1, 0.15) is 11.5 Å². The molecule has 3 aromatic carbocycles. The lowest BCUT2D eigenvalue weighted by atomic mass is 9.70. The Morgan fingerprint density at radius 3 is 2.31 bits per heavy atom. The van der Waals surface area contributed by atoms with Crippen molar-refractivity contribution in [1.82, 2.24) is 4.90 Å². The molecule has 0 bridgehead atoms. The largest absolute Gasteiger partial charge is 0.457 e. The van der Waals surface area contributed by atoms with Crippen LogP contribution < -0.4 is 15.4 Å². The van der Waals surface area contributed by atoms with Crippen LogP contribution in [-0.2, 0) is 12.8 Å². The van der Waals surface area contributed by atoms with Gasteiger partial charge in [-0.15, -0.1) is 0 Å². The van der Waals surface area contributed by atoms with Gasteiger partial charge in [0.2, 0.25) is 0 Å². The van der Waals surface area contributed by atoms with Gasteiger partial charge >= 0.3 is 6.03 Å². The second-order valence-electron chi connectivity index (χ2n) is 10.5. The molecule has 188 valence electrons. The summed E-state index contributed by atoms with van der Waals surface area (Å²) in [5.41, 5.74) is 4.40. The number of rotatable bonds is 6. The monoisotopic (exact) mass is 483 g/mol. The van der Waals surface area contributed by atoms with Gasteiger partial charge in [-0.1, -0.05) is 37.1 Å². The Labute approximate surface area is 214 Å². The van der Waals surface area contributed by atoms with Gasteiger partial charge in [-0.25, -0.2) is 4.79 Å². The normalized spacial score (nSPS) is 21.5. The second kappa shape index (κ2) is 11.2. The number of hydrogen-bond donors (Lipinski definition) is 2. The number of nitrogens with one attached hydrogen (secondary N) is 2. The van der Waals surface area contributed by atoms with Gasteiger partial charge in [0, 0.05) is 17.4 Å². The summed E-state index contributed by atoms with van der Waals surface area (Å²) >= 11 is 0. The van der Waals surface area contributed by atoms with E-state index < -0.39 is 0 Å². The van der Waals surface area contributed by atoms with Crippen LogP contribution in [0.15, 0.2) is 72.8 Å². The van der Waals surface area contributed by atoms with Crippen LogP contribution in [0.1, 0.15) is 43.2 Å². The molecule has 0 radical (unpaired) electrons. The fraction of sp³-hybridized carbons (Fsp3) is 0.387. The van der Waals surface area contributed by atoms with Crippen LogP contribution in [0.4, 0.5) is 16.2 Å². The highest BCUT2D eigenvalue weighted by Crippen LogP contribution is 2.39. The lowest BCUT2D eigenvalue weighted by Crippen LogP contribution is -2.36. The minimum atomic E-state index is -0.239. The quantitative estimate of drug-likeness (QED) is 0.385. The summed E-state index contributed by atoms with van der Waals surface area (Å²) in [5.74, 6) is 3.14. The number of para-hydroxylation sites is 1. The highest BCUT2D eigenvalue weighted by atomic mass is 16.5. The van der Waals surface area contributed by atoms with E-state index in [1.807, 2.05) is 60.7 Å². The van der Waals surface area contributed by atoms with Crippen molar-refractivity contribution in [3.8, 4) is 11.5 Å². The van der Waals surface area contributed by atoms with Crippen LogP contribution in [-0.4, -0.2) is 31.1 Å². The topological polar surface area (TPSA) is 53.6 Å². The average Bonchev–Trinajstić information content (AvgIpc) is 2.90. The number of hydrogen-bond acceptors (Lipinski definition) is 3. The molecular formula is C31H37N3O2. The van der Waals surface area contributed by atoms with Crippen molar-refractivity contribution in [2.45, 2.75) is 51.0 Å². The predicted molar refractivity (Wildman–Crippen MR) is 147 cm³/mol. The molecule has 5 nitrogen and oxygen atoms in total. The number of amides is 2. The van der Waals surface area contributed by atoms with Gasteiger partial charge < -0.3 is 20.3 Å². The van der Waals surface area contributed by atoms with Crippen LogP contribution in [0, 0.1) is 11.8 Å². The van der Waals surface area contributed by atoms with Crippen molar-refractivity contribution in [2.75, 3.05) is 24.7 Å². The minimum Gasteiger partial charge on any atom is -0.457 e. The summed E-state index contributed by atoms with van der Waals surface area (Å²) in [7, 11) is 4.45. The number of ether oxygens (including phenoxy) is 1. The number of anilines is 2. The molecule has 0 spiro atoms.